The molecule has 0 atom stereocenters. The summed E-state index contributed by atoms with van der Waals surface area (Å²) < 4.78 is 4.82. The number of nitrogens with zero attached hydrogens (tertiary/aromatic N) is 1. The maximum Gasteiger partial charge on any atom is 0.341 e. The molecule has 2 aromatic rings. The minimum absolute atomic E-state index is 0.308. The zero-order valence-electron chi connectivity index (χ0n) is 15.6. The topological polar surface area (TPSA) is 96.9 Å². The molecule has 1 aromatic carbocycles. The Bertz CT molecular complexity index is 1030. The van der Waals surface area contributed by atoms with Gasteiger partial charge in [-0.3, -0.25) is 9.59 Å². The average Bonchev–Trinajstić information content (AvgIpc) is 3.25. The molecule has 0 spiro atoms. The van der Waals surface area contributed by atoms with E-state index < -0.39 is 17.8 Å². The molecule has 1 aliphatic carbocycles. The monoisotopic (exact) mass is 453 g/mol. The van der Waals surface area contributed by atoms with Crippen LogP contribution in [0.4, 0.5) is 5.00 Å². The van der Waals surface area contributed by atoms with E-state index in [4.69, 9.17) is 27.9 Å². The lowest BCUT2D eigenvalue weighted by atomic mass is 10.1. The summed E-state index contributed by atoms with van der Waals surface area (Å²) in [7, 11) is 1.28. The van der Waals surface area contributed by atoms with Gasteiger partial charge in [-0.15, -0.1) is 11.3 Å². The molecule has 0 aliphatic heterocycles. The van der Waals surface area contributed by atoms with Crippen molar-refractivity contribution in [3.8, 4) is 0 Å². The van der Waals surface area contributed by atoms with Crippen LogP contribution in [-0.2, 0) is 27.2 Å². The highest BCUT2D eigenvalue weighted by Crippen LogP contribution is 2.39. The number of fused-ring (bicyclic) bond motifs is 1. The molecule has 10 heteroatoms. The van der Waals surface area contributed by atoms with Crippen LogP contribution >= 0.6 is 34.5 Å². The SMILES string of the molecule is COC(=O)c1c(NC(=O)C(=O)N/N=C(\C)c2ccc(Cl)cc2Cl)sc2c1CCC2. The van der Waals surface area contributed by atoms with Crippen LogP contribution in [0, 0.1) is 0 Å². The number of hydrazone groups is 1. The Balaban J connectivity index is 1.72. The first-order valence-electron chi connectivity index (χ1n) is 8.65. The molecule has 1 aromatic heterocycles. The molecule has 1 aliphatic rings. The van der Waals surface area contributed by atoms with Gasteiger partial charge in [0.05, 0.1) is 23.4 Å². The molecular formula is C19H17Cl2N3O4S. The minimum Gasteiger partial charge on any atom is -0.465 e. The summed E-state index contributed by atoms with van der Waals surface area (Å²) in [6, 6.07) is 4.85. The van der Waals surface area contributed by atoms with Gasteiger partial charge in [0.2, 0.25) is 0 Å². The summed E-state index contributed by atoms with van der Waals surface area (Å²) in [5.74, 6) is -2.45. The third-order valence-corrected chi connectivity index (χ3v) is 6.15. The summed E-state index contributed by atoms with van der Waals surface area (Å²) in [6.07, 6.45) is 2.52. The van der Waals surface area contributed by atoms with Crippen molar-refractivity contribution in [1.29, 1.82) is 0 Å². The number of methoxy groups -OCH3 is 1. The number of aryl methyl sites for hydroxylation is 1. The lowest BCUT2D eigenvalue weighted by Crippen LogP contribution is -2.33. The standard InChI is InChI=1S/C19H17Cl2N3O4S/c1-9(11-7-6-10(20)8-13(11)21)23-24-17(26)16(25)22-18-15(19(27)28-2)12-4-3-5-14(12)29-18/h6-8H,3-5H2,1-2H3,(H,22,25)(H,24,26)/b23-9+. The summed E-state index contributed by atoms with van der Waals surface area (Å²) in [5, 5.41) is 7.55. The van der Waals surface area contributed by atoms with Crippen LogP contribution in [0.3, 0.4) is 0 Å². The Morgan fingerprint density at radius 3 is 2.62 bits per heavy atom. The lowest BCUT2D eigenvalue weighted by molar-refractivity contribution is -0.136. The van der Waals surface area contributed by atoms with Gasteiger partial charge < -0.3 is 10.1 Å². The van der Waals surface area contributed by atoms with Crippen molar-refractivity contribution >= 4 is 63.0 Å². The number of thiophene rings is 1. The molecular weight excluding hydrogens is 437 g/mol. The van der Waals surface area contributed by atoms with E-state index in [1.807, 2.05) is 0 Å². The number of nitrogens with one attached hydrogen (secondary N) is 2. The quantitative estimate of drug-likeness (QED) is 0.318. The lowest BCUT2D eigenvalue weighted by Gasteiger charge is -2.07. The van der Waals surface area contributed by atoms with Crippen LogP contribution in [0.25, 0.3) is 0 Å². The van der Waals surface area contributed by atoms with E-state index in [0.29, 0.717) is 31.9 Å². The normalized spacial score (nSPS) is 13.0. The summed E-state index contributed by atoms with van der Waals surface area (Å²) in [5.41, 5.74) is 4.36. The summed E-state index contributed by atoms with van der Waals surface area (Å²) in [4.78, 5) is 37.6. The molecule has 0 bridgehead atoms. The Morgan fingerprint density at radius 1 is 1.17 bits per heavy atom. The number of ether oxygens (including phenoxy) is 1. The third-order valence-electron chi connectivity index (χ3n) is 4.39. The van der Waals surface area contributed by atoms with E-state index in [9.17, 15) is 14.4 Å². The second kappa shape index (κ2) is 8.94. The Hall–Kier alpha value is -2.42. The molecule has 0 unspecified atom stereocenters. The minimum atomic E-state index is -0.973. The van der Waals surface area contributed by atoms with E-state index in [0.717, 1.165) is 29.7 Å². The number of anilines is 1. The molecule has 0 saturated heterocycles. The summed E-state index contributed by atoms with van der Waals surface area (Å²) in [6.45, 7) is 1.63. The number of benzene rings is 1. The Morgan fingerprint density at radius 2 is 1.93 bits per heavy atom. The number of carbonyl (C=O) groups is 3. The van der Waals surface area contributed by atoms with Gasteiger partial charge in [-0.2, -0.15) is 5.10 Å². The highest BCUT2D eigenvalue weighted by atomic mass is 35.5. The zero-order valence-corrected chi connectivity index (χ0v) is 17.9. The average molecular weight is 454 g/mol. The predicted molar refractivity (Wildman–Crippen MR) is 113 cm³/mol. The van der Waals surface area contributed by atoms with E-state index in [-0.39, 0.29) is 0 Å². The maximum absolute atomic E-state index is 12.3. The Kier molecular flexibility index (Phi) is 6.56. The van der Waals surface area contributed by atoms with Crippen molar-refractivity contribution in [3.05, 3.63) is 49.8 Å². The van der Waals surface area contributed by atoms with Crippen molar-refractivity contribution in [1.82, 2.24) is 5.43 Å². The van der Waals surface area contributed by atoms with Crippen LogP contribution in [0.5, 0.6) is 0 Å². The van der Waals surface area contributed by atoms with Crippen molar-refractivity contribution < 1.29 is 19.1 Å². The van der Waals surface area contributed by atoms with E-state index >= 15 is 0 Å². The first kappa shape index (κ1) is 21.3. The molecule has 0 radical (unpaired) electrons. The molecule has 152 valence electrons. The van der Waals surface area contributed by atoms with E-state index in [2.05, 4.69) is 15.8 Å². The van der Waals surface area contributed by atoms with Crippen molar-refractivity contribution in [3.63, 3.8) is 0 Å². The van der Waals surface area contributed by atoms with Gasteiger partial charge in [-0.25, -0.2) is 10.2 Å². The molecule has 2 amide bonds. The van der Waals surface area contributed by atoms with Crippen LogP contribution in [0.2, 0.25) is 10.0 Å². The fraction of sp³-hybridized carbons (Fsp3) is 0.263. The second-order valence-electron chi connectivity index (χ2n) is 6.27. The number of halogens is 2. The van der Waals surface area contributed by atoms with Crippen LogP contribution in [0.15, 0.2) is 23.3 Å². The van der Waals surface area contributed by atoms with E-state index in [1.54, 1.807) is 25.1 Å². The second-order valence-corrected chi connectivity index (χ2v) is 8.22. The number of hydrogen-bond acceptors (Lipinski definition) is 6. The van der Waals surface area contributed by atoms with Gasteiger partial charge in [0, 0.05) is 15.5 Å². The first-order chi connectivity index (χ1) is 13.8. The van der Waals surface area contributed by atoms with Gasteiger partial charge in [0.25, 0.3) is 0 Å². The van der Waals surface area contributed by atoms with Gasteiger partial charge >= 0.3 is 17.8 Å². The van der Waals surface area contributed by atoms with Gasteiger partial charge in [0.15, 0.2) is 0 Å². The fourth-order valence-corrected chi connectivity index (χ4v) is 4.82. The van der Waals surface area contributed by atoms with Crippen molar-refractivity contribution in [2.24, 2.45) is 5.10 Å². The van der Waals surface area contributed by atoms with E-state index in [1.165, 1.54) is 18.4 Å². The molecule has 1 heterocycles. The Labute approximate surface area is 181 Å². The fourth-order valence-electron chi connectivity index (χ4n) is 3.00. The highest BCUT2D eigenvalue weighted by molar-refractivity contribution is 7.17. The number of carbonyl (C=O) groups excluding carboxylic acids is 3. The maximum atomic E-state index is 12.3. The molecule has 29 heavy (non-hydrogen) atoms. The van der Waals surface area contributed by atoms with Crippen molar-refractivity contribution in [2.75, 3.05) is 12.4 Å². The van der Waals surface area contributed by atoms with Crippen LogP contribution < -0.4 is 10.7 Å². The molecule has 2 N–H and O–H groups in total. The highest BCUT2D eigenvalue weighted by Gasteiger charge is 2.29. The molecule has 0 saturated carbocycles. The summed E-state index contributed by atoms with van der Waals surface area (Å²) >= 11 is 13.3. The largest absolute Gasteiger partial charge is 0.465 e. The molecule has 7 nitrogen and oxygen atoms in total. The van der Waals surface area contributed by atoms with Gasteiger partial charge in [-0.05, 0) is 43.9 Å². The first-order valence-corrected chi connectivity index (χ1v) is 10.2. The number of amides is 2. The van der Waals surface area contributed by atoms with Gasteiger partial charge in [-0.1, -0.05) is 29.3 Å². The third kappa shape index (κ3) is 4.60. The number of esters is 1. The molecule has 3 rings (SSSR count). The van der Waals surface area contributed by atoms with Crippen LogP contribution in [-0.4, -0.2) is 30.6 Å². The van der Waals surface area contributed by atoms with Crippen molar-refractivity contribution in [2.45, 2.75) is 26.2 Å². The number of rotatable bonds is 4. The zero-order chi connectivity index (χ0) is 21.1. The molecule has 0 fully saturated rings. The van der Waals surface area contributed by atoms with Crippen LogP contribution in [0.1, 0.15) is 39.7 Å². The van der Waals surface area contributed by atoms with Gasteiger partial charge in [0.1, 0.15) is 5.00 Å². The smallest absolute Gasteiger partial charge is 0.341 e. The predicted octanol–water partition coefficient (Wildman–Crippen LogP) is 3.81. The number of hydrogen-bond donors (Lipinski definition) is 2.